The number of hydrogen-bond donors (Lipinski definition) is 0. The Morgan fingerprint density at radius 3 is 2.53 bits per heavy atom. The van der Waals surface area contributed by atoms with Gasteiger partial charge in [-0.25, -0.2) is 8.42 Å². The van der Waals surface area contributed by atoms with Gasteiger partial charge in [-0.2, -0.15) is 0 Å². The molecule has 4 heteroatoms. The number of hydrogen-bond acceptors (Lipinski definition) is 3. The molecule has 3 nitrogen and oxygen atoms in total. The van der Waals surface area contributed by atoms with E-state index in [1.807, 2.05) is 6.92 Å². The molecule has 0 aromatic carbocycles. The van der Waals surface area contributed by atoms with Crippen LogP contribution in [0, 0.1) is 5.92 Å². The van der Waals surface area contributed by atoms with Crippen molar-refractivity contribution in [3.8, 4) is 0 Å². The van der Waals surface area contributed by atoms with Gasteiger partial charge in [0.05, 0.1) is 5.25 Å². The van der Waals surface area contributed by atoms with E-state index >= 15 is 0 Å². The predicted octanol–water partition coefficient (Wildman–Crippen LogP) is 1.96. The molecule has 1 aliphatic carbocycles. The van der Waals surface area contributed by atoms with Crippen LogP contribution in [0.25, 0.3) is 0 Å². The summed E-state index contributed by atoms with van der Waals surface area (Å²) in [7, 11) is -2.96. The Hall–Kier alpha value is -0.380. The Labute approximate surface area is 92.2 Å². The monoisotopic (exact) mass is 232 g/mol. The van der Waals surface area contributed by atoms with Crippen LogP contribution in [0.1, 0.15) is 45.4 Å². The van der Waals surface area contributed by atoms with Crippen molar-refractivity contribution in [2.24, 2.45) is 5.92 Å². The van der Waals surface area contributed by atoms with Gasteiger partial charge >= 0.3 is 0 Å². The van der Waals surface area contributed by atoms with Crippen LogP contribution < -0.4 is 0 Å². The Balaban J connectivity index is 2.60. The average Bonchev–Trinajstić information content (AvgIpc) is 2.17. The summed E-state index contributed by atoms with van der Waals surface area (Å²) in [6, 6.07) is 0. The number of Topliss-reactive ketones (excluding diaryl/α,β-unsaturated/α-hetero) is 1. The first-order chi connectivity index (χ1) is 6.95. The van der Waals surface area contributed by atoms with Crippen molar-refractivity contribution in [1.82, 2.24) is 0 Å². The maximum atomic E-state index is 11.7. The minimum atomic E-state index is -2.96. The zero-order valence-corrected chi connectivity index (χ0v) is 10.3. The van der Waals surface area contributed by atoms with E-state index in [2.05, 4.69) is 0 Å². The van der Waals surface area contributed by atoms with Crippen molar-refractivity contribution >= 4 is 15.6 Å². The fourth-order valence-electron chi connectivity index (χ4n) is 2.28. The molecule has 0 bridgehead atoms. The molecule has 0 saturated heterocycles. The second-order valence-corrected chi connectivity index (χ2v) is 6.86. The maximum absolute atomic E-state index is 11.7. The molecule has 1 saturated carbocycles. The molecule has 0 N–H and O–H groups in total. The van der Waals surface area contributed by atoms with Crippen molar-refractivity contribution in [2.75, 3.05) is 6.26 Å². The topological polar surface area (TPSA) is 51.2 Å². The lowest BCUT2D eigenvalue weighted by Crippen LogP contribution is -2.30. The summed E-state index contributed by atoms with van der Waals surface area (Å²) in [5.74, 6) is 0.254. The Kier molecular flexibility index (Phi) is 4.32. The summed E-state index contributed by atoms with van der Waals surface area (Å²) in [5.41, 5.74) is 0. The first kappa shape index (κ1) is 12.7. The van der Waals surface area contributed by atoms with Gasteiger partial charge in [0.15, 0.2) is 0 Å². The second-order valence-electron chi connectivity index (χ2n) is 4.53. The van der Waals surface area contributed by atoms with E-state index in [0.29, 0.717) is 12.8 Å². The van der Waals surface area contributed by atoms with E-state index in [1.54, 1.807) is 0 Å². The third-order valence-corrected chi connectivity index (χ3v) is 4.82. The van der Waals surface area contributed by atoms with Gasteiger partial charge in [-0.3, -0.25) is 4.79 Å². The van der Waals surface area contributed by atoms with Crippen molar-refractivity contribution in [3.05, 3.63) is 0 Å². The van der Waals surface area contributed by atoms with Crippen LogP contribution in [-0.4, -0.2) is 25.7 Å². The molecular weight excluding hydrogens is 212 g/mol. The minimum Gasteiger partial charge on any atom is -0.299 e. The number of rotatable bonds is 4. The molecule has 15 heavy (non-hydrogen) atoms. The van der Waals surface area contributed by atoms with Crippen molar-refractivity contribution < 1.29 is 13.2 Å². The highest BCUT2D eigenvalue weighted by molar-refractivity contribution is 7.91. The quantitative estimate of drug-likeness (QED) is 0.744. The highest BCUT2D eigenvalue weighted by Crippen LogP contribution is 2.29. The van der Waals surface area contributed by atoms with Crippen LogP contribution in [-0.2, 0) is 14.6 Å². The lowest BCUT2D eigenvalue weighted by molar-refractivity contribution is -0.123. The molecule has 0 radical (unpaired) electrons. The number of ketones is 1. The molecule has 1 fully saturated rings. The number of carbonyl (C=O) groups excluding carboxylic acids is 1. The van der Waals surface area contributed by atoms with Crippen LogP contribution in [0.2, 0.25) is 0 Å². The molecule has 0 spiro atoms. The zero-order valence-electron chi connectivity index (χ0n) is 9.53. The molecule has 0 amide bonds. The number of carbonyl (C=O) groups is 1. The van der Waals surface area contributed by atoms with E-state index in [9.17, 15) is 13.2 Å². The molecule has 1 rings (SSSR count). The van der Waals surface area contributed by atoms with Gasteiger partial charge in [0.1, 0.15) is 15.6 Å². The third-order valence-electron chi connectivity index (χ3n) is 3.18. The fraction of sp³-hybridized carbons (Fsp3) is 0.909. The third kappa shape index (κ3) is 3.59. The number of sulfone groups is 1. The highest BCUT2D eigenvalue weighted by Gasteiger charge is 2.31. The minimum absolute atomic E-state index is 0.00146. The molecule has 2 unspecified atom stereocenters. The highest BCUT2D eigenvalue weighted by atomic mass is 32.2. The van der Waals surface area contributed by atoms with E-state index in [1.165, 1.54) is 6.26 Å². The molecule has 0 aromatic rings. The predicted molar refractivity (Wildman–Crippen MR) is 60.5 cm³/mol. The van der Waals surface area contributed by atoms with Gasteiger partial charge in [0, 0.05) is 18.6 Å². The average molecular weight is 232 g/mol. The van der Waals surface area contributed by atoms with Gasteiger partial charge in [-0.1, -0.05) is 13.3 Å². The molecule has 0 heterocycles. The van der Waals surface area contributed by atoms with E-state index in [0.717, 1.165) is 25.7 Å². The summed E-state index contributed by atoms with van der Waals surface area (Å²) in [6.07, 6.45) is 5.78. The summed E-state index contributed by atoms with van der Waals surface area (Å²) in [6.45, 7) is 1.98. The normalized spacial score (nSPS) is 27.6. The summed E-state index contributed by atoms with van der Waals surface area (Å²) < 4.78 is 22.8. The van der Waals surface area contributed by atoms with Crippen molar-refractivity contribution in [1.29, 1.82) is 0 Å². The molecular formula is C11H20O3S. The molecule has 0 aliphatic heterocycles. The summed E-state index contributed by atoms with van der Waals surface area (Å²) in [5, 5.41) is -0.281. The zero-order chi connectivity index (χ0) is 11.5. The summed E-state index contributed by atoms with van der Waals surface area (Å²) >= 11 is 0. The maximum Gasteiger partial charge on any atom is 0.150 e. The fourth-order valence-corrected chi connectivity index (χ4v) is 3.45. The Bertz CT molecular complexity index is 319. The van der Waals surface area contributed by atoms with E-state index in [-0.39, 0.29) is 17.0 Å². The molecule has 2 atom stereocenters. The lowest BCUT2D eigenvalue weighted by atomic mass is 9.84. The Morgan fingerprint density at radius 2 is 2.00 bits per heavy atom. The van der Waals surface area contributed by atoms with Crippen LogP contribution in [0.3, 0.4) is 0 Å². The van der Waals surface area contributed by atoms with E-state index in [4.69, 9.17) is 0 Å². The SMILES string of the molecule is CCCC(=O)C1CCCC(S(C)(=O)=O)C1. The standard InChI is InChI=1S/C11H20O3S/c1-3-5-11(12)9-6-4-7-10(8-9)15(2,13)14/h9-10H,3-8H2,1-2H3. The lowest BCUT2D eigenvalue weighted by Gasteiger charge is -2.26. The second kappa shape index (κ2) is 5.10. The smallest absolute Gasteiger partial charge is 0.150 e. The first-order valence-corrected chi connectivity index (χ1v) is 7.62. The van der Waals surface area contributed by atoms with Gasteiger partial charge in [-0.05, 0) is 25.7 Å². The molecule has 1 aliphatic rings. The van der Waals surface area contributed by atoms with Gasteiger partial charge in [0.2, 0.25) is 0 Å². The van der Waals surface area contributed by atoms with Crippen molar-refractivity contribution in [2.45, 2.75) is 50.7 Å². The van der Waals surface area contributed by atoms with Crippen LogP contribution in [0.5, 0.6) is 0 Å². The van der Waals surface area contributed by atoms with Crippen LogP contribution in [0.4, 0.5) is 0 Å². The summed E-state index contributed by atoms with van der Waals surface area (Å²) in [4.78, 5) is 11.7. The molecule has 0 aromatic heterocycles. The van der Waals surface area contributed by atoms with Crippen molar-refractivity contribution in [3.63, 3.8) is 0 Å². The van der Waals surface area contributed by atoms with Gasteiger partial charge in [0.25, 0.3) is 0 Å². The van der Waals surface area contributed by atoms with Crippen LogP contribution >= 0.6 is 0 Å². The largest absolute Gasteiger partial charge is 0.299 e. The van der Waals surface area contributed by atoms with E-state index < -0.39 is 9.84 Å². The van der Waals surface area contributed by atoms with Gasteiger partial charge in [-0.15, -0.1) is 0 Å². The molecule has 88 valence electrons. The van der Waals surface area contributed by atoms with Gasteiger partial charge < -0.3 is 0 Å². The first-order valence-electron chi connectivity index (χ1n) is 5.66. The van der Waals surface area contributed by atoms with Crippen LogP contribution in [0.15, 0.2) is 0 Å². The Morgan fingerprint density at radius 1 is 1.33 bits per heavy atom.